The highest BCUT2D eigenvalue weighted by Crippen LogP contribution is 1.93. The van der Waals surface area contributed by atoms with Crippen molar-refractivity contribution < 1.29 is 9.90 Å². The number of carboxylic acid groups (broad SMARTS) is 1. The monoisotopic (exact) mass is 153 g/mol. The van der Waals surface area contributed by atoms with Gasteiger partial charge >= 0.3 is 5.97 Å². The molecule has 1 aromatic rings. The first-order valence-corrected chi connectivity index (χ1v) is 2.99. The Morgan fingerprint density at radius 3 is 3.00 bits per heavy atom. The van der Waals surface area contributed by atoms with Gasteiger partial charge in [0.2, 0.25) is 5.82 Å². The van der Waals surface area contributed by atoms with E-state index in [1.54, 1.807) is 6.07 Å². The lowest BCUT2D eigenvalue weighted by Gasteiger charge is -1.95. The lowest BCUT2D eigenvalue weighted by atomic mass is 10.4. The fraction of sp³-hybridized carbons (Fsp3) is 0.167. The number of hydrogen-bond acceptors (Lipinski definition) is 4. The van der Waals surface area contributed by atoms with E-state index in [2.05, 4.69) is 9.97 Å². The third kappa shape index (κ3) is 1.71. The molecule has 1 aromatic heterocycles. The Balaban J connectivity index is 3.01. The van der Waals surface area contributed by atoms with Gasteiger partial charge in [-0.2, -0.15) is 0 Å². The molecule has 0 atom stereocenters. The molecule has 0 amide bonds. The van der Waals surface area contributed by atoms with Gasteiger partial charge in [0.1, 0.15) is 0 Å². The zero-order chi connectivity index (χ0) is 8.27. The van der Waals surface area contributed by atoms with E-state index in [0.29, 0.717) is 5.69 Å². The van der Waals surface area contributed by atoms with Crippen LogP contribution in [0.2, 0.25) is 0 Å². The SMILES string of the molecule is NCc1ccnc(C(=O)O)n1. The molecule has 0 unspecified atom stereocenters. The summed E-state index contributed by atoms with van der Waals surface area (Å²) in [5.41, 5.74) is 5.76. The quantitative estimate of drug-likeness (QED) is 0.605. The topological polar surface area (TPSA) is 89.1 Å². The van der Waals surface area contributed by atoms with Gasteiger partial charge in [-0.15, -0.1) is 0 Å². The van der Waals surface area contributed by atoms with Gasteiger partial charge in [-0.25, -0.2) is 14.8 Å². The standard InChI is InChI=1S/C6H7N3O2/c7-3-4-1-2-8-5(9-4)6(10)11/h1-2H,3,7H2,(H,10,11). The van der Waals surface area contributed by atoms with Gasteiger partial charge in [0, 0.05) is 12.7 Å². The summed E-state index contributed by atoms with van der Waals surface area (Å²) in [7, 11) is 0. The highest BCUT2D eigenvalue weighted by atomic mass is 16.4. The van der Waals surface area contributed by atoms with Crippen LogP contribution in [0.25, 0.3) is 0 Å². The fourth-order valence-electron chi connectivity index (χ4n) is 0.613. The van der Waals surface area contributed by atoms with E-state index in [0.717, 1.165) is 0 Å². The van der Waals surface area contributed by atoms with Crippen molar-refractivity contribution >= 4 is 5.97 Å². The first-order valence-electron chi connectivity index (χ1n) is 2.99. The molecule has 0 saturated carbocycles. The van der Waals surface area contributed by atoms with E-state index in [-0.39, 0.29) is 12.4 Å². The first-order chi connectivity index (χ1) is 5.24. The summed E-state index contributed by atoms with van der Waals surface area (Å²) in [6.07, 6.45) is 1.37. The molecule has 5 heteroatoms. The normalized spacial score (nSPS) is 9.55. The first kappa shape index (κ1) is 7.62. The number of carboxylic acids is 1. The maximum absolute atomic E-state index is 10.3. The van der Waals surface area contributed by atoms with Crippen molar-refractivity contribution in [2.24, 2.45) is 5.73 Å². The molecule has 0 aromatic carbocycles. The minimum Gasteiger partial charge on any atom is -0.475 e. The van der Waals surface area contributed by atoms with Gasteiger partial charge in [-0.3, -0.25) is 0 Å². The van der Waals surface area contributed by atoms with Gasteiger partial charge in [0.25, 0.3) is 0 Å². The van der Waals surface area contributed by atoms with E-state index in [4.69, 9.17) is 10.8 Å². The molecule has 0 fully saturated rings. The van der Waals surface area contributed by atoms with E-state index in [1.165, 1.54) is 6.20 Å². The molecule has 5 nitrogen and oxygen atoms in total. The van der Waals surface area contributed by atoms with Gasteiger partial charge < -0.3 is 10.8 Å². The van der Waals surface area contributed by atoms with Crippen molar-refractivity contribution in [2.75, 3.05) is 0 Å². The molecule has 11 heavy (non-hydrogen) atoms. The number of aromatic carboxylic acids is 1. The fourth-order valence-corrected chi connectivity index (χ4v) is 0.613. The smallest absolute Gasteiger partial charge is 0.373 e. The number of nitrogens with zero attached hydrogens (tertiary/aromatic N) is 2. The molecule has 0 saturated heterocycles. The summed E-state index contributed by atoms with van der Waals surface area (Å²) >= 11 is 0. The van der Waals surface area contributed by atoms with Crippen molar-refractivity contribution in [3.8, 4) is 0 Å². The Morgan fingerprint density at radius 1 is 1.73 bits per heavy atom. The lowest BCUT2D eigenvalue weighted by Crippen LogP contribution is -2.08. The number of aromatic nitrogens is 2. The van der Waals surface area contributed by atoms with Crippen molar-refractivity contribution in [3.63, 3.8) is 0 Å². The van der Waals surface area contributed by atoms with E-state index < -0.39 is 5.97 Å². The van der Waals surface area contributed by atoms with E-state index in [9.17, 15) is 4.79 Å². The molecule has 0 spiro atoms. The molecule has 0 aliphatic carbocycles. The predicted octanol–water partition coefficient (Wildman–Crippen LogP) is -0.367. The van der Waals surface area contributed by atoms with E-state index in [1.807, 2.05) is 0 Å². The average molecular weight is 153 g/mol. The minimum absolute atomic E-state index is 0.215. The molecular weight excluding hydrogens is 146 g/mol. The average Bonchev–Trinajstić information content (AvgIpc) is 2.05. The van der Waals surface area contributed by atoms with Crippen LogP contribution in [0.3, 0.4) is 0 Å². The summed E-state index contributed by atoms with van der Waals surface area (Å²) in [5.74, 6) is -1.35. The maximum atomic E-state index is 10.3. The summed E-state index contributed by atoms with van der Waals surface area (Å²) in [6, 6.07) is 1.58. The summed E-state index contributed by atoms with van der Waals surface area (Å²) in [5, 5.41) is 8.44. The minimum atomic E-state index is -1.14. The second kappa shape index (κ2) is 3.07. The van der Waals surface area contributed by atoms with Crippen molar-refractivity contribution in [3.05, 3.63) is 23.8 Å². The Kier molecular flexibility index (Phi) is 2.12. The van der Waals surface area contributed by atoms with Crippen molar-refractivity contribution in [2.45, 2.75) is 6.54 Å². The third-order valence-electron chi connectivity index (χ3n) is 1.11. The largest absolute Gasteiger partial charge is 0.475 e. The number of hydrogen-bond donors (Lipinski definition) is 2. The molecule has 58 valence electrons. The number of rotatable bonds is 2. The highest BCUT2D eigenvalue weighted by molar-refractivity contribution is 5.82. The van der Waals surface area contributed by atoms with Gasteiger partial charge in [-0.1, -0.05) is 0 Å². The molecule has 0 aliphatic rings. The zero-order valence-electron chi connectivity index (χ0n) is 5.69. The predicted molar refractivity (Wildman–Crippen MR) is 36.9 cm³/mol. The molecular formula is C6H7N3O2. The molecule has 0 radical (unpaired) electrons. The Bertz CT molecular complexity index is 274. The molecule has 3 N–H and O–H groups in total. The van der Waals surface area contributed by atoms with Crippen molar-refractivity contribution in [1.82, 2.24) is 9.97 Å². The van der Waals surface area contributed by atoms with E-state index >= 15 is 0 Å². The van der Waals surface area contributed by atoms with Crippen LogP contribution in [0.4, 0.5) is 0 Å². The zero-order valence-corrected chi connectivity index (χ0v) is 5.69. The van der Waals surface area contributed by atoms with Gasteiger partial charge in [-0.05, 0) is 6.07 Å². The second-order valence-corrected chi connectivity index (χ2v) is 1.88. The second-order valence-electron chi connectivity index (χ2n) is 1.88. The van der Waals surface area contributed by atoms with Crippen LogP contribution in [0, 0.1) is 0 Å². The maximum Gasteiger partial charge on any atom is 0.373 e. The van der Waals surface area contributed by atoms with Gasteiger partial charge in [0.15, 0.2) is 0 Å². The van der Waals surface area contributed by atoms with Crippen LogP contribution in [0.15, 0.2) is 12.3 Å². The number of carbonyl (C=O) groups is 1. The third-order valence-corrected chi connectivity index (χ3v) is 1.11. The van der Waals surface area contributed by atoms with Crippen LogP contribution in [0.5, 0.6) is 0 Å². The lowest BCUT2D eigenvalue weighted by molar-refractivity contribution is 0.0683. The summed E-state index contributed by atoms with van der Waals surface area (Å²) in [4.78, 5) is 17.5. The Morgan fingerprint density at radius 2 is 2.45 bits per heavy atom. The molecule has 0 aliphatic heterocycles. The van der Waals surface area contributed by atoms with Crippen LogP contribution in [0.1, 0.15) is 16.3 Å². The van der Waals surface area contributed by atoms with Crippen LogP contribution >= 0.6 is 0 Å². The molecule has 0 bridgehead atoms. The summed E-state index contributed by atoms with van der Waals surface area (Å²) in [6.45, 7) is 0.225. The summed E-state index contributed by atoms with van der Waals surface area (Å²) < 4.78 is 0. The molecule has 1 heterocycles. The highest BCUT2D eigenvalue weighted by Gasteiger charge is 2.05. The Hall–Kier alpha value is -1.49. The molecule has 1 rings (SSSR count). The van der Waals surface area contributed by atoms with Crippen LogP contribution < -0.4 is 5.73 Å². The Labute approximate surface area is 62.9 Å². The van der Waals surface area contributed by atoms with Gasteiger partial charge in [0.05, 0.1) is 5.69 Å². The van der Waals surface area contributed by atoms with Crippen LogP contribution in [-0.2, 0) is 6.54 Å². The number of nitrogens with two attached hydrogens (primary N) is 1. The van der Waals surface area contributed by atoms with Crippen molar-refractivity contribution in [1.29, 1.82) is 0 Å². The van der Waals surface area contributed by atoms with Crippen LogP contribution in [-0.4, -0.2) is 21.0 Å².